The molecule has 1 aromatic rings. The van der Waals surface area contributed by atoms with Crippen LogP contribution in [0.3, 0.4) is 0 Å². The molecule has 1 aliphatic rings. The van der Waals surface area contributed by atoms with Gasteiger partial charge in [0.25, 0.3) is 0 Å². The predicted octanol–water partition coefficient (Wildman–Crippen LogP) is 2.67. The van der Waals surface area contributed by atoms with Crippen molar-refractivity contribution < 1.29 is 4.74 Å². The van der Waals surface area contributed by atoms with Crippen molar-refractivity contribution in [2.24, 2.45) is 0 Å². The van der Waals surface area contributed by atoms with Crippen LogP contribution in [0.25, 0.3) is 0 Å². The van der Waals surface area contributed by atoms with Crippen molar-refractivity contribution in [2.75, 3.05) is 12.3 Å². The molecule has 1 saturated heterocycles. The summed E-state index contributed by atoms with van der Waals surface area (Å²) in [6, 6.07) is 0.341. The van der Waals surface area contributed by atoms with E-state index in [0.29, 0.717) is 6.04 Å². The van der Waals surface area contributed by atoms with E-state index in [4.69, 9.17) is 10.5 Å². The highest BCUT2D eigenvalue weighted by Gasteiger charge is 2.31. The number of nitrogens with two attached hydrogens (primary N) is 1. The number of aryl methyl sites for hydroxylation is 1. The SMILES string of the molecule is Cc1nn(C2CCOC(C)(C)C2)c(N)c1Br. The van der Waals surface area contributed by atoms with E-state index >= 15 is 0 Å². The van der Waals surface area contributed by atoms with Crippen molar-refractivity contribution in [3.8, 4) is 0 Å². The van der Waals surface area contributed by atoms with E-state index in [1.165, 1.54) is 0 Å². The van der Waals surface area contributed by atoms with Crippen molar-refractivity contribution >= 4 is 21.7 Å². The third-order valence-corrected chi connectivity index (χ3v) is 4.04. The van der Waals surface area contributed by atoms with Gasteiger partial charge in [0, 0.05) is 6.61 Å². The quantitative estimate of drug-likeness (QED) is 0.864. The summed E-state index contributed by atoms with van der Waals surface area (Å²) >= 11 is 3.46. The molecule has 2 N–H and O–H groups in total. The van der Waals surface area contributed by atoms with Gasteiger partial charge in [0.05, 0.1) is 21.8 Å². The highest BCUT2D eigenvalue weighted by atomic mass is 79.9. The fraction of sp³-hybridized carbons (Fsp3) is 0.727. The highest BCUT2D eigenvalue weighted by Crippen LogP contribution is 2.35. The summed E-state index contributed by atoms with van der Waals surface area (Å²) < 4.78 is 8.55. The molecule has 90 valence electrons. The number of nitrogen functional groups attached to an aromatic ring is 1. The Labute approximate surface area is 104 Å². The Kier molecular flexibility index (Phi) is 3.01. The van der Waals surface area contributed by atoms with Crippen molar-refractivity contribution in [3.63, 3.8) is 0 Å². The van der Waals surface area contributed by atoms with E-state index in [2.05, 4.69) is 34.9 Å². The standard InChI is InChI=1S/C11H18BrN3O/c1-7-9(12)10(13)15(14-7)8-4-5-16-11(2,3)6-8/h8H,4-6,13H2,1-3H3. The summed E-state index contributed by atoms with van der Waals surface area (Å²) in [5.41, 5.74) is 6.90. The van der Waals surface area contributed by atoms with Gasteiger partial charge in [-0.25, -0.2) is 4.68 Å². The zero-order chi connectivity index (χ0) is 11.9. The molecule has 1 atom stereocenters. The summed E-state index contributed by atoms with van der Waals surface area (Å²) in [7, 11) is 0. The van der Waals surface area contributed by atoms with Crippen LogP contribution >= 0.6 is 15.9 Å². The van der Waals surface area contributed by atoms with Crippen LogP contribution in [0.2, 0.25) is 0 Å². The number of rotatable bonds is 1. The maximum Gasteiger partial charge on any atom is 0.136 e. The van der Waals surface area contributed by atoms with Gasteiger partial charge in [-0.15, -0.1) is 0 Å². The van der Waals surface area contributed by atoms with Gasteiger partial charge < -0.3 is 10.5 Å². The Morgan fingerprint density at radius 1 is 1.56 bits per heavy atom. The maximum absolute atomic E-state index is 6.04. The Morgan fingerprint density at radius 3 is 2.75 bits per heavy atom. The number of nitrogens with zero attached hydrogens (tertiary/aromatic N) is 2. The normalized spacial score (nSPS) is 24.6. The van der Waals surface area contributed by atoms with Gasteiger partial charge in [-0.05, 0) is 49.5 Å². The lowest BCUT2D eigenvalue weighted by Gasteiger charge is -2.35. The summed E-state index contributed by atoms with van der Waals surface area (Å²) in [5.74, 6) is 0.722. The molecule has 0 aliphatic carbocycles. The summed E-state index contributed by atoms with van der Waals surface area (Å²) in [6.07, 6.45) is 1.92. The average Bonchev–Trinajstić information content (AvgIpc) is 2.45. The molecule has 0 amide bonds. The minimum absolute atomic E-state index is 0.0817. The predicted molar refractivity (Wildman–Crippen MR) is 67.4 cm³/mol. The topological polar surface area (TPSA) is 53.1 Å². The molecular formula is C11H18BrN3O. The van der Waals surface area contributed by atoms with Gasteiger partial charge in [0.1, 0.15) is 5.82 Å². The second-order valence-electron chi connectivity index (χ2n) is 4.98. The van der Waals surface area contributed by atoms with Crippen LogP contribution in [-0.4, -0.2) is 22.0 Å². The first-order chi connectivity index (χ1) is 7.41. The highest BCUT2D eigenvalue weighted by molar-refractivity contribution is 9.10. The van der Waals surface area contributed by atoms with Crippen LogP contribution in [0.15, 0.2) is 4.47 Å². The minimum atomic E-state index is -0.0817. The van der Waals surface area contributed by atoms with Crippen LogP contribution in [0, 0.1) is 6.92 Å². The van der Waals surface area contributed by atoms with E-state index < -0.39 is 0 Å². The number of aromatic nitrogens is 2. The molecule has 0 bridgehead atoms. The minimum Gasteiger partial charge on any atom is -0.383 e. The molecule has 0 aromatic carbocycles. The molecule has 5 heteroatoms. The molecule has 0 spiro atoms. The lowest BCUT2D eigenvalue weighted by molar-refractivity contribution is -0.0704. The zero-order valence-electron chi connectivity index (χ0n) is 9.96. The van der Waals surface area contributed by atoms with Gasteiger partial charge in [-0.1, -0.05) is 0 Å². The molecular weight excluding hydrogens is 270 g/mol. The molecule has 4 nitrogen and oxygen atoms in total. The Hall–Kier alpha value is -0.550. The summed E-state index contributed by atoms with van der Waals surface area (Å²) in [6.45, 7) is 6.95. The first-order valence-corrected chi connectivity index (χ1v) is 6.34. The number of anilines is 1. The van der Waals surface area contributed by atoms with Gasteiger partial charge in [0.15, 0.2) is 0 Å². The first-order valence-electron chi connectivity index (χ1n) is 5.55. The molecule has 1 aromatic heterocycles. The molecule has 1 unspecified atom stereocenters. The van der Waals surface area contributed by atoms with Crippen LogP contribution < -0.4 is 5.73 Å². The Bertz CT molecular complexity index is 400. The van der Waals surface area contributed by atoms with E-state index in [-0.39, 0.29) is 5.60 Å². The molecule has 2 heterocycles. The monoisotopic (exact) mass is 287 g/mol. The average molecular weight is 288 g/mol. The zero-order valence-corrected chi connectivity index (χ0v) is 11.5. The van der Waals surface area contributed by atoms with Gasteiger partial charge in [-0.3, -0.25) is 0 Å². The molecule has 2 rings (SSSR count). The van der Waals surface area contributed by atoms with E-state index in [1.807, 2.05) is 11.6 Å². The third kappa shape index (κ3) is 2.11. The van der Waals surface area contributed by atoms with Crippen LogP contribution in [-0.2, 0) is 4.74 Å². The van der Waals surface area contributed by atoms with E-state index in [9.17, 15) is 0 Å². The van der Waals surface area contributed by atoms with Crippen molar-refractivity contribution in [3.05, 3.63) is 10.2 Å². The summed E-state index contributed by atoms with van der Waals surface area (Å²) in [4.78, 5) is 0. The van der Waals surface area contributed by atoms with Crippen molar-refractivity contribution in [1.29, 1.82) is 0 Å². The van der Waals surface area contributed by atoms with Gasteiger partial charge >= 0.3 is 0 Å². The maximum atomic E-state index is 6.04. The second kappa shape index (κ2) is 4.04. The molecule has 0 saturated carbocycles. The summed E-state index contributed by atoms with van der Waals surface area (Å²) in [5, 5.41) is 4.49. The van der Waals surface area contributed by atoms with Crippen LogP contribution in [0.5, 0.6) is 0 Å². The smallest absolute Gasteiger partial charge is 0.136 e. The molecule has 1 fully saturated rings. The second-order valence-corrected chi connectivity index (χ2v) is 5.78. The largest absolute Gasteiger partial charge is 0.383 e. The molecule has 16 heavy (non-hydrogen) atoms. The van der Waals surface area contributed by atoms with Crippen LogP contribution in [0.4, 0.5) is 5.82 Å². The number of hydrogen-bond acceptors (Lipinski definition) is 3. The van der Waals surface area contributed by atoms with Crippen molar-refractivity contribution in [2.45, 2.75) is 45.3 Å². The third-order valence-electron chi connectivity index (χ3n) is 3.06. The Balaban J connectivity index is 2.27. The lowest BCUT2D eigenvalue weighted by Crippen LogP contribution is -2.35. The van der Waals surface area contributed by atoms with Gasteiger partial charge in [0.2, 0.25) is 0 Å². The first kappa shape index (κ1) is 11.9. The number of halogens is 1. The van der Waals surface area contributed by atoms with Crippen molar-refractivity contribution in [1.82, 2.24) is 9.78 Å². The lowest BCUT2D eigenvalue weighted by atomic mass is 9.94. The van der Waals surface area contributed by atoms with Crippen LogP contribution in [0.1, 0.15) is 38.4 Å². The molecule has 0 radical (unpaired) electrons. The fourth-order valence-corrected chi connectivity index (χ4v) is 2.49. The van der Waals surface area contributed by atoms with Gasteiger partial charge in [-0.2, -0.15) is 5.10 Å². The Morgan fingerprint density at radius 2 is 2.25 bits per heavy atom. The number of ether oxygens (including phenoxy) is 1. The fourth-order valence-electron chi connectivity index (χ4n) is 2.23. The van der Waals surface area contributed by atoms with E-state index in [1.54, 1.807) is 0 Å². The molecule has 1 aliphatic heterocycles. The number of hydrogen-bond donors (Lipinski definition) is 1. The van der Waals surface area contributed by atoms with E-state index in [0.717, 1.165) is 35.4 Å².